The highest BCUT2D eigenvalue weighted by atomic mass is 16.8. The standard InChI is InChI=1S/C42H72O14/c1-38(2)26-13-17-42(7)27(10-9-23-22(12-16-41(23,42)6)21(18-43)8-11-28(46)39(3,4)52)40(26,5)15-14-29(38)55-37-35(33(50)31(48)25(20-45)54-37)56-36-34(51)32(49)30(47)24(19-44)53-36/h8,22-37,43-52H,9-20H2,1-7H3/b21-8+/t22-,23-,24-,25-,26+,27-,28+,29+,30-,31-,32+,33+,34-,35-,36?,37+,40+,41-,42-/m1/s1. The molecule has 0 amide bonds. The predicted molar refractivity (Wildman–Crippen MR) is 202 cm³/mol. The van der Waals surface area contributed by atoms with Crippen molar-refractivity contribution in [3.8, 4) is 0 Å². The highest BCUT2D eigenvalue weighted by molar-refractivity contribution is 5.22. The minimum Gasteiger partial charge on any atom is -0.394 e. The Hall–Kier alpha value is -0.820. The zero-order valence-corrected chi connectivity index (χ0v) is 34.4. The van der Waals surface area contributed by atoms with Crippen molar-refractivity contribution in [1.29, 1.82) is 0 Å². The first-order valence-electron chi connectivity index (χ1n) is 21.0. The van der Waals surface area contributed by atoms with Crippen LogP contribution in [0.3, 0.4) is 0 Å². The number of hydrogen-bond acceptors (Lipinski definition) is 14. The van der Waals surface area contributed by atoms with Crippen molar-refractivity contribution >= 4 is 0 Å². The van der Waals surface area contributed by atoms with Gasteiger partial charge in [-0.05, 0) is 123 Å². The first kappa shape index (κ1) is 44.7. The van der Waals surface area contributed by atoms with E-state index < -0.39 is 86.3 Å². The SMILES string of the molecule is CC(C)(O)[C@@H](O)C/C=C(\CO)[C@H]1CC[C@]2(C)[C@@H]1CC[C@@H]1[C@@]3(C)CC[C@H](O[C@@H]4O[C@H](CO)[C@@H](O)[C@H](O)[C@H]4OC4O[C@H](CO)[C@@H](O)[C@H](O)[C@H]4O)C(C)(C)[C@@H]3CC[C@]12C. The average Bonchev–Trinajstić information content (AvgIpc) is 3.49. The number of fused-ring (bicyclic) bond motifs is 5. The van der Waals surface area contributed by atoms with Crippen LogP contribution in [-0.4, -0.2) is 150 Å². The molecule has 324 valence electrons. The lowest BCUT2D eigenvalue weighted by Crippen LogP contribution is -2.66. The molecule has 14 nitrogen and oxygen atoms in total. The number of hydrogen-bond donors (Lipinski definition) is 10. The fraction of sp³-hybridized carbons (Fsp3) is 0.952. The van der Waals surface area contributed by atoms with Crippen molar-refractivity contribution in [1.82, 2.24) is 0 Å². The largest absolute Gasteiger partial charge is 0.394 e. The van der Waals surface area contributed by atoms with E-state index >= 15 is 0 Å². The molecule has 19 atom stereocenters. The number of aliphatic hydroxyl groups excluding tert-OH is 9. The summed E-state index contributed by atoms with van der Waals surface area (Å²) in [4.78, 5) is 0. The second-order valence-electron chi connectivity index (χ2n) is 20.1. The van der Waals surface area contributed by atoms with Crippen molar-refractivity contribution in [2.75, 3.05) is 19.8 Å². The molecule has 1 unspecified atom stereocenters. The number of ether oxygens (including phenoxy) is 4. The van der Waals surface area contributed by atoms with Crippen molar-refractivity contribution in [2.24, 2.45) is 45.3 Å². The molecule has 56 heavy (non-hydrogen) atoms. The predicted octanol–water partition coefficient (Wildman–Crippen LogP) is 1.12. The van der Waals surface area contributed by atoms with Gasteiger partial charge in [0.05, 0.1) is 37.6 Å². The molecule has 14 heteroatoms. The summed E-state index contributed by atoms with van der Waals surface area (Å²) in [5, 5.41) is 105. The summed E-state index contributed by atoms with van der Waals surface area (Å²) >= 11 is 0. The van der Waals surface area contributed by atoms with Gasteiger partial charge in [0.1, 0.15) is 48.8 Å². The Morgan fingerprint density at radius 3 is 1.93 bits per heavy atom. The van der Waals surface area contributed by atoms with Gasteiger partial charge >= 0.3 is 0 Å². The molecule has 2 heterocycles. The summed E-state index contributed by atoms with van der Waals surface area (Å²) < 4.78 is 24.4. The Morgan fingerprint density at radius 2 is 1.32 bits per heavy atom. The van der Waals surface area contributed by atoms with Crippen LogP contribution < -0.4 is 0 Å². The van der Waals surface area contributed by atoms with Gasteiger partial charge < -0.3 is 70.0 Å². The lowest BCUT2D eigenvalue weighted by atomic mass is 9.35. The highest BCUT2D eigenvalue weighted by Gasteiger charge is 2.69. The molecule has 0 radical (unpaired) electrons. The number of aliphatic hydroxyl groups is 10. The summed E-state index contributed by atoms with van der Waals surface area (Å²) in [6.45, 7) is 13.7. The molecule has 10 N–H and O–H groups in total. The van der Waals surface area contributed by atoms with Crippen molar-refractivity contribution in [3.05, 3.63) is 11.6 Å². The number of rotatable bonds is 11. The molecule has 0 aromatic rings. The van der Waals surface area contributed by atoms with E-state index in [1.165, 1.54) is 0 Å². The van der Waals surface area contributed by atoms with Crippen LogP contribution in [0.1, 0.15) is 106 Å². The van der Waals surface area contributed by atoms with E-state index in [-0.39, 0.29) is 46.2 Å². The average molecular weight is 801 g/mol. The minimum absolute atomic E-state index is 0.0160. The Morgan fingerprint density at radius 1 is 0.714 bits per heavy atom. The van der Waals surface area contributed by atoms with E-state index in [9.17, 15) is 51.1 Å². The van der Waals surface area contributed by atoms with Crippen LogP contribution in [0.25, 0.3) is 0 Å². The zero-order valence-electron chi connectivity index (χ0n) is 34.4. The molecule has 0 aromatic heterocycles. The molecule has 4 aliphatic carbocycles. The molecule has 0 bridgehead atoms. The monoisotopic (exact) mass is 800 g/mol. The third kappa shape index (κ3) is 7.37. The van der Waals surface area contributed by atoms with E-state index in [1.54, 1.807) is 13.8 Å². The van der Waals surface area contributed by atoms with Crippen LogP contribution in [-0.2, 0) is 18.9 Å². The summed E-state index contributed by atoms with van der Waals surface area (Å²) in [6.07, 6.45) is -6.35. The molecule has 2 saturated heterocycles. The van der Waals surface area contributed by atoms with Gasteiger partial charge in [-0.2, -0.15) is 0 Å². The van der Waals surface area contributed by atoms with Crippen LogP contribution in [0.5, 0.6) is 0 Å². The molecule has 6 fully saturated rings. The summed E-state index contributed by atoms with van der Waals surface area (Å²) in [5.41, 5.74) is -0.544. The third-order valence-corrected chi connectivity index (χ3v) is 16.7. The Bertz CT molecular complexity index is 1390. The topological polar surface area (TPSA) is 239 Å². The van der Waals surface area contributed by atoms with Crippen LogP contribution >= 0.6 is 0 Å². The van der Waals surface area contributed by atoms with Gasteiger partial charge in [0.25, 0.3) is 0 Å². The molecule has 6 aliphatic rings. The quantitative estimate of drug-likeness (QED) is 0.104. The van der Waals surface area contributed by atoms with E-state index in [0.717, 1.165) is 50.5 Å². The smallest absolute Gasteiger partial charge is 0.187 e. The van der Waals surface area contributed by atoms with Gasteiger partial charge in [0.2, 0.25) is 0 Å². The zero-order chi connectivity index (χ0) is 41.3. The fourth-order valence-corrected chi connectivity index (χ4v) is 13.1. The van der Waals surface area contributed by atoms with Crippen LogP contribution in [0, 0.1) is 45.3 Å². The molecule has 6 rings (SSSR count). The van der Waals surface area contributed by atoms with Gasteiger partial charge in [-0.3, -0.25) is 0 Å². The first-order valence-corrected chi connectivity index (χ1v) is 21.0. The molecule has 2 aliphatic heterocycles. The molecular formula is C42H72O14. The van der Waals surface area contributed by atoms with E-state index in [0.29, 0.717) is 24.7 Å². The maximum Gasteiger partial charge on any atom is 0.187 e. The minimum atomic E-state index is -1.75. The van der Waals surface area contributed by atoms with Crippen LogP contribution in [0.15, 0.2) is 11.6 Å². The van der Waals surface area contributed by atoms with Gasteiger partial charge in [-0.25, -0.2) is 0 Å². The molecule has 0 aromatic carbocycles. The Kier molecular flexibility index (Phi) is 13.0. The molecular weight excluding hydrogens is 728 g/mol. The van der Waals surface area contributed by atoms with Gasteiger partial charge in [0, 0.05) is 0 Å². The fourth-order valence-electron chi connectivity index (χ4n) is 13.1. The first-order chi connectivity index (χ1) is 26.1. The second kappa shape index (κ2) is 16.2. The van der Waals surface area contributed by atoms with Gasteiger partial charge in [-0.15, -0.1) is 0 Å². The molecule has 4 saturated carbocycles. The summed E-state index contributed by atoms with van der Waals surface area (Å²) in [5.74, 6) is 1.34. The van der Waals surface area contributed by atoms with E-state index in [2.05, 4.69) is 34.6 Å². The van der Waals surface area contributed by atoms with Crippen molar-refractivity contribution in [2.45, 2.75) is 185 Å². The highest BCUT2D eigenvalue weighted by Crippen LogP contribution is 2.75. The maximum atomic E-state index is 11.3. The third-order valence-electron chi connectivity index (χ3n) is 16.7. The van der Waals surface area contributed by atoms with E-state index in [4.69, 9.17) is 18.9 Å². The van der Waals surface area contributed by atoms with Crippen molar-refractivity contribution < 1.29 is 70.0 Å². The van der Waals surface area contributed by atoms with Crippen molar-refractivity contribution in [3.63, 3.8) is 0 Å². The lowest BCUT2D eigenvalue weighted by Gasteiger charge is -2.70. The summed E-state index contributed by atoms with van der Waals surface area (Å²) in [7, 11) is 0. The summed E-state index contributed by atoms with van der Waals surface area (Å²) in [6, 6.07) is 0. The second-order valence-corrected chi connectivity index (χ2v) is 20.1. The Labute approximate surface area is 331 Å². The van der Waals surface area contributed by atoms with E-state index in [1.807, 2.05) is 6.08 Å². The van der Waals surface area contributed by atoms with Crippen LogP contribution in [0.2, 0.25) is 0 Å². The Balaban J connectivity index is 1.21. The van der Waals surface area contributed by atoms with Crippen LogP contribution in [0.4, 0.5) is 0 Å². The molecule has 0 spiro atoms. The normalized spacial score (nSPS) is 50.2. The van der Waals surface area contributed by atoms with Gasteiger partial charge in [-0.1, -0.05) is 40.7 Å². The lowest BCUT2D eigenvalue weighted by molar-refractivity contribution is -0.378. The maximum absolute atomic E-state index is 11.3. The van der Waals surface area contributed by atoms with Gasteiger partial charge in [0.15, 0.2) is 12.6 Å².